The van der Waals surface area contributed by atoms with E-state index in [9.17, 15) is 8.78 Å². The number of benzene rings is 1. The first-order valence-electron chi connectivity index (χ1n) is 5.41. The van der Waals surface area contributed by atoms with Crippen LogP contribution >= 0.6 is 0 Å². The number of nitrogens with zero attached hydrogens (tertiary/aromatic N) is 1. The minimum Gasteiger partial charge on any atom is -0.486 e. The molecule has 0 bridgehead atoms. The number of ether oxygens (including phenoxy) is 1. The molecule has 1 aromatic carbocycles. The van der Waals surface area contributed by atoms with Crippen molar-refractivity contribution in [2.75, 3.05) is 0 Å². The Bertz CT molecular complexity index is 546. The monoisotopic (exact) mass is 250 g/mol. The number of hydrogen-bond acceptors (Lipinski definition) is 3. The van der Waals surface area contributed by atoms with Gasteiger partial charge in [-0.3, -0.25) is 4.98 Å². The molecule has 0 saturated heterocycles. The maximum Gasteiger partial charge on any atom is 0.165 e. The normalized spacial score (nSPS) is 10.4. The molecule has 0 unspecified atom stereocenters. The van der Waals surface area contributed by atoms with Gasteiger partial charge < -0.3 is 10.5 Å². The highest BCUT2D eigenvalue weighted by Gasteiger charge is 2.07. The average molecular weight is 250 g/mol. The van der Waals surface area contributed by atoms with Crippen molar-refractivity contribution in [2.45, 2.75) is 13.2 Å². The van der Waals surface area contributed by atoms with Crippen LogP contribution in [0.2, 0.25) is 0 Å². The van der Waals surface area contributed by atoms with E-state index in [0.717, 1.165) is 23.8 Å². The van der Waals surface area contributed by atoms with E-state index in [-0.39, 0.29) is 18.9 Å². The van der Waals surface area contributed by atoms with Gasteiger partial charge in [0.15, 0.2) is 11.6 Å². The summed E-state index contributed by atoms with van der Waals surface area (Å²) in [6.07, 6.45) is 1.62. The van der Waals surface area contributed by atoms with Gasteiger partial charge in [0.2, 0.25) is 0 Å². The van der Waals surface area contributed by atoms with Crippen molar-refractivity contribution in [3.8, 4) is 5.75 Å². The second kappa shape index (κ2) is 5.55. The first-order valence-corrected chi connectivity index (χ1v) is 5.41. The highest BCUT2D eigenvalue weighted by atomic mass is 19.1. The van der Waals surface area contributed by atoms with E-state index in [1.165, 1.54) is 0 Å². The Morgan fingerprint density at radius 2 is 2.06 bits per heavy atom. The second-order valence-electron chi connectivity index (χ2n) is 3.68. The van der Waals surface area contributed by atoms with Gasteiger partial charge in [-0.25, -0.2) is 8.78 Å². The van der Waals surface area contributed by atoms with E-state index in [1.807, 2.05) is 0 Å². The molecule has 0 amide bonds. The molecule has 3 nitrogen and oxygen atoms in total. The highest BCUT2D eigenvalue weighted by molar-refractivity contribution is 5.26. The Balaban J connectivity index is 2.14. The lowest BCUT2D eigenvalue weighted by molar-refractivity contribution is 0.287. The maximum absolute atomic E-state index is 13.3. The van der Waals surface area contributed by atoms with Crippen LogP contribution < -0.4 is 10.5 Å². The van der Waals surface area contributed by atoms with Gasteiger partial charge in [0.25, 0.3) is 0 Å². The maximum atomic E-state index is 13.3. The largest absolute Gasteiger partial charge is 0.486 e. The molecule has 0 aliphatic carbocycles. The van der Waals surface area contributed by atoms with Crippen LogP contribution in [-0.2, 0) is 13.2 Å². The summed E-state index contributed by atoms with van der Waals surface area (Å²) >= 11 is 0. The molecule has 5 heteroatoms. The van der Waals surface area contributed by atoms with E-state index in [1.54, 1.807) is 18.3 Å². The van der Waals surface area contributed by atoms with E-state index in [4.69, 9.17) is 10.5 Å². The smallest absolute Gasteiger partial charge is 0.165 e. The van der Waals surface area contributed by atoms with Crippen LogP contribution in [0.1, 0.15) is 11.3 Å². The number of rotatable bonds is 4. The van der Waals surface area contributed by atoms with E-state index >= 15 is 0 Å². The zero-order chi connectivity index (χ0) is 13.0. The Hall–Kier alpha value is -2.01. The number of halogens is 2. The Labute approximate surface area is 103 Å². The molecule has 0 aliphatic heterocycles. The molecule has 2 aromatic rings. The Morgan fingerprint density at radius 3 is 2.83 bits per heavy atom. The predicted octanol–water partition coefficient (Wildman–Crippen LogP) is 2.40. The summed E-state index contributed by atoms with van der Waals surface area (Å²) < 4.78 is 31.5. The molecule has 18 heavy (non-hydrogen) atoms. The fraction of sp³-hybridized carbons (Fsp3) is 0.154. The third kappa shape index (κ3) is 2.81. The summed E-state index contributed by atoms with van der Waals surface area (Å²) in [6.45, 7) is 0.367. The van der Waals surface area contributed by atoms with E-state index in [2.05, 4.69) is 4.98 Å². The zero-order valence-electron chi connectivity index (χ0n) is 9.57. The number of pyridine rings is 1. The van der Waals surface area contributed by atoms with Gasteiger partial charge in [-0.1, -0.05) is 6.07 Å². The summed E-state index contributed by atoms with van der Waals surface area (Å²) in [4.78, 5) is 4.08. The van der Waals surface area contributed by atoms with Crippen molar-refractivity contribution in [1.29, 1.82) is 0 Å². The molecular formula is C13H12F2N2O. The summed E-state index contributed by atoms with van der Waals surface area (Å²) in [7, 11) is 0. The molecular weight excluding hydrogens is 238 g/mol. The van der Waals surface area contributed by atoms with Crippen molar-refractivity contribution in [2.24, 2.45) is 5.73 Å². The van der Waals surface area contributed by atoms with Gasteiger partial charge in [0, 0.05) is 24.4 Å². The van der Waals surface area contributed by atoms with Crippen molar-refractivity contribution >= 4 is 0 Å². The Kier molecular flexibility index (Phi) is 3.84. The van der Waals surface area contributed by atoms with Crippen LogP contribution in [0.4, 0.5) is 8.78 Å². The lowest BCUT2D eigenvalue weighted by Gasteiger charge is -2.09. The van der Waals surface area contributed by atoms with Gasteiger partial charge in [-0.15, -0.1) is 0 Å². The standard InChI is InChI=1S/C13H12F2N2O/c14-10-3-4-11(15)13(6-10)18-8-9-2-1-5-17-12(9)7-16/h1-6H,7-8,16H2. The first kappa shape index (κ1) is 12.4. The van der Waals surface area contributed by atoms with Crippen LogP contribution in [-0.4, -0.2) is 4.98 Å². The lowest BCUT2D eigenvalue weighted by Crippen LogP contribution is -2.07. The molecule has 0 spiro atoms. The molecule has 1 heterocycles. The van der Waals surface area contributed by atoms with Crippen LogP contribution in [0.5, 0.6) is 5.75 Å². The molecule has 2 rings (SSSR count). The molecule has 0 saturated carbocycles. The van der Waals surface area contributed by atoms with Crippen LogP contribution in [0, 0.1) is 11.6 Å². The zero-order valence-corrected chi connectivity index (χ0v) is 9.57. The minimum atomic E-state index is -0.602. The number of hydrogen-bond donors (Lipinski definition) is 1. The van der Waals surface area contributed by atoms with Crippen molar-refractivity contribution in [3.05, 3.63) is 59.4 Å². The van der Waals surface area contributed by atoms with Gasteiger partial charge in [-0.2, -0.15) is 0 Å². The SMILES string of the molecule is NCc1ncccc1COc1cc(F)ccc1F. The molecule has 0 aliphatic rings. The Morgan fingerprint density at radius 1 is 1.22 bits per heavy atom. The number of nitrogens with two attached hydrogens (primary N) is 1. The molecule has 0 radical (unpaired) electrons. The van der Waals surface area contributed by atoms with Gasteiger partial charge in [-0.05, 0) is 18.2 Å². The summed E-state index contributed by atoms with van der Waals surface area (Å²) in [5, 5.41) is 0. The van der Waals surface area contributed by atoms with Crippen molar-refractivity contribution in [3.63, 3.8) is 0 Å². The van der Waals surface area contributed by atoms with Gasteiger partial charge in [0.1, 0.15) is 12.4 Å². The third-order valence-corrected chi connectivity index (χ3v) is 2.45. The quantitative estimate of drug-likeness (QED) is 0.906. The van der Waals surface area contributed by atoms with Gasteiger partial charge in [0.05, 0.1) is 5.69 Å². The average Bonchev–Trinajstić information content (AvgIpc) is 2.40. The van der Waals surface area contributed by atoms with E-state index in [0.29, 0.717) is 5.69 Å². The van der Waals surface area contributed by atoms with Crippen LogP contribution in [0.15, 0.2) is 36.5 Å². The summed E-state index contributed by atoms with van der Waals surface area (Å²) in [5.74, 6) is -1.27. The summed E-state index contributed by atoms with van der Waals surface area (Å²) in [5.41, 5.74) is 6.95. The van der Waals surface area contributed by atoms with Crippen LogP contribution in [0.3, 0.4) is 0 Å². The summed E-state index contributed by atoms with van der Waals surface area (Å²) in [6, 6.07) is 6.59. The molecule has 2 N–H and O–H groups in total. The fourth-order valence-corrected chi connectivity index (χ4v) is 1.53. The molecule has 0 fully saturated rings. The topological polar surface area (TPSA) is 48.1 Å². The minimum absolute atomic E-state index is 0.0980. The molecule has 1 aromatic heterocycles. The van der Waals surface area contributed by atoms with E-state index < -0.39 is 11.6 Å². The van der Waals surface area contributed by atoms with Crippen molar-refractivity contribution < 1.29 is 13.5 Å². The molecule has 94 valence electrons. The highest BCUT2D eigenvalue weighted by Crippen LogP contribution is 2.19. The van der Waals surface area contributed by atoms with Crippen LogP contribution in [0.25, 0.3) is 0 Å². The predicted molar refractivity (Wildman–Crippen MR) is 62.8 cm³/mol. The number of aromatic nitrogens is 1. The van der Waals surface area contributed by atoms with Gasteiger partial charge >= 0.3 is 0 Å². The first-order chi connectivity index (χ1) is 8.70. The third-order valence-electron chi connectivity index (χ3n) is 2.45. The second-order valence-corrected chi connectivity index (χ2v) is 3.68. The molecule has 0 atom stereocenters. The lowest BCUT2D eigenvalue weighted by atomic mass is 10.2. The fourth-order valence-electron chi connectivity index (χ4n) is 1.53. The van der Waals surface area contributed by atoms with Crippen molar-refractivity contribution in [1.82, 2.24) is 4.98 Å².